The monoisotopic (exact) mass is 442 g/mol. The van der Waals surface area contributed by atoms with Gasteiger partial charge in [-0.25, -0.2) is 0 Å². The quantitative estimate of drug-likeness (QED) is 0.362. The first-order valence-electron chi connectivity index (χ1n) is 11.5. The van der Waals surface area contributed by atoms with Gasteiger partial charge in [0.15, 0.2) is 0 Å². The average Bonchev–Trinajstić information content (AvgIpc) is 2.81. The molecule has 5 heteroatoms. The largest absolute Gasteiger partial charge is 0.378 e. The predicted molar refractivity (Wildman–Crippen MR) is 127 cm³/mol. The average molecular weight is 443 g/mol. The Morgan fingerprint density at radius 3 is 2.12 bits per heavy atom. The van der Waals surface area contributed by atoms with Gasteiger partial charge in [-0.15, -0.1) is 13.2 Å². The molecule has 0 bridgehead atoms. The predicted octanol–water partition coefficient (Wildman–Crippen LogP) is 4.88. The molecule has 0 radical (unpaired) electrons. The number of hydrogen-bond acceptors (Lipinski definition) is 5. The van der Waals surface area contributed by atoms with E-state index < -0.39 is 0 Å². The summed E-state index contributed by atoms with van der Waals surface area (Å²) >= 11 is 0. The fraction of sp³-hybridized carbons (Fsp3) is 0.556. The molecule has 0 aromatic heterocycles. The Bertz CT molecular complexity index is 729. The van der Waals surface area contributed by atoms with Crippen LogP contribution < -0.4 is 0 Å². The van der Waals surface area contributed by atoms with Crippen LogP contribution in [0, 0.1) is 5.92 Å². The van der Waals surface area contributed by atoms with E-state index in [-0.39, 0.29) is 41.9 Å². The molecule has 176 valence electrons. The molecule has 1 aliphatic heterocycles. The van der Waals surface area contributed by atoms with Crippen LogP contribution in [-0.4, -0.2) is 50.2 Å². The SMILES string of the molecule is C=CCCC(=O)CC[C@H]1O[C@@H](Cc2ccccc2)[C@H](OC)[C@@H](OC)[C@@H]1CC(=O)CCC=C. The molecule has 0 aliphatic carbocycles. The molecule has 5 atom stereocenters. The van der Waals surface area contributed by atoms with Crippen molar-refractivity contribution in [3.8, 4) is 0 Å². The maximum Gasteiger partial charge on any atom is 0.133 e. The minimum absolute atomic E-state index is 0.153. The fourth-order valence-electron chi connectivity index (χ4n) is 4.52. The summed E-state index contributed by atoms with van der Waals surface area (Å²) in [7, 11) is 3.32. The zero-order chi connectivity index (χ0) is 23.3. The van der Waals surface area contributed by atoms with Crippen LogP contribution >= 0.6 is 0 Å². The topological polar surface area (TPSA) is 61.8 Å². The van der Waals surface area contributed by atoms with Gasteiger partial charge in [0.05, 0.1) is 18.3 Å². The van der Waals surface area contributed by atoms with Crippen LogP contribution in [0.5, 0.6) is 0 Å². The second kappa shape index (κ2) is 14.1. The zero-order valence-corrected chi connectivity index (χ0v) is 19.5. The van der Waals surface area contributed by atoms with E-state index in [1.165, 1.54) is 0 Å². The Morgan fingerprint density at radius 2 is 1.53 bits per heavy atom. The van der Waals surface area contributed by atoms with Crippen molar-refractivity contribution in [3.05, 3.63) is 61.2 Å². The molecule has 32 heavy (non-hydrogen) atoms. The van der Waals surface area contributed by atoms with E-state index in [4.69, 9.17) is 14.2 Å². The van der Waals surface area contributed by atoms with Gasteiger partial charge in [0.1, 0.15) is 17.7 Å². The lowest BCUT2D eigenvalue weighted by atomic mass is 9.79. The molecular formula is C27H38O5. The van der Waals surface area contributed by atoms with E-state index in [1.54, 1.807) is 26.4 Å². The number of carbonyl (C=O) groups excluding carboxylic acids is 2. The normalized spacial score (nSPS) is 25.2. The Morgan fingerprint density at radius 1 is 0.906 bits per heavy atom. The molecule has 0 saturated carbocycles. The second-order valence-corrected chi connectivity index (χ2v) is 8.44. The lowest BCUT2D eigenvalue weighted by molar-refractivity contribution is -0.217. The highest BCUT2D eigenvalue weighted by Crippen LogP contribution is 2.36. The summed E-state index contributed by atoms with van der Waals surface area (Å²) in [6.07, 6.45) is 6.73. The lowest BCUT2D eigenvalue weighted by Crippen LogP contribution is -2.57. The summed E-state index contributed by atoms with van der Waals surface area (Å²) < 4.78 is 18.3. The standard InChI is InChI=1S/C27H38O5/c1-5-7-14-21(28)16-17-24-23(19-22(29)15-8-6-2)26(30-3)27(31-4)25(32-24)18-20-12-10-9-11-13-20/h5-6,9-13,23-27H,1-2,7-8,14-19H2,3-4H3/t23-,24-,25+,26+,27+/m1/s1. The highest BCUT2D eigenvalue weighted by Gasteiger charge is 2.46. The van der Waals surface area contributed by atoms with Crippen molar-refractivity contribution < 1.29 is 23.8 Å². The van der Waals surface area contributed by atoms with Gasteiger partial charge in [-0.05, 0) is 24.8 Å². The Kier molecular flexibility index (Phi) is 11.6. The molecule has 1 aliphatic rings. The number of carbonyl (C=O) groups is 2. The van der Waals surface area contributed by atoms with Crippen LogP contribution in [0.2, 0.25) is 0 Å². The van der Waals surface area contributed by atoms with E-state index in [0.717, 1.165) is 5.56 Å². The van der Waals surface area contributed by atoms with Crippen LogP contribution in [0.4, 0.5) is 0 Å². The third-order valence-corrected chi connectivity index (χ3v) is 6.19. The summed E-state index contributed by atoms with van der Waals surface area (Å²) in [4.78, 5) is 25.0. The molecule has 1 aromatic carbocycles. The van der Waals surface area contributed by atoms with E-state index in [2.05, 4.69) is 25.3 Å². The molecule has 0 N–H and O–H groups in total. The van der Waals surface area contributed by atoms with E-state index >= 15 is 0 Å². The number of ketones is 2. The molecular weight excluding hydrogens is 404 g/mol. The van der Waals surface area contributed by atoms with Gasteiger partial charge in [0.25, 0.3) is 0 Å². The van der Waals surface area contributed by atoms with Crippen LogP contribution in [0.15, 0.2) is 55.6 Å². The number of methoxy groups -OCH3 is 2. The molecule has 0 amide bonds. The number of allylic oxidation sites excluding steroid dienone is 2. The molecule has 0 spiro atoms. The third kappa shape index (κ3) is 7.80. The minimum Gasteiger partial charge on any atom is -0.378 e. The van der Waals surface area contributed by atoms with Gasteiger partial charge in [-0.3, -0.25) is 9.59 Å². The number of ether oxygens (including phenoxy) is 3. The van der Waals surface area contributed by atoms with E-state index in [1.807, 2.05) is 18.2 Å². The van der Waals surface area contributed by atoms with E-state index in [0.29, 0.717) is 51.4 Å². The Hall–Kier alpha value is -2.08. The summed E-state index contributed by atoms with van der Waals surface area (Å²) in [5.74, 6) is 0.175. The van der Waals surface area contributed by atoms with Crippen molar-refractivity contribution >= 4 is 11.6 Å². The van der Waals surface area contributed by atoms with Crippen molar-refractivity contribution in [3.63, 3.8) is 0 Å². The summed E-state index contributed by atoms with van der Waals surface area (Å²) in [5, 5.41) is 0. The second-order valence-electron chi connectivity index (χ2n) is 8.44. The third-order valence-electron chi connectivity index (χ3n) is 6.19. The number of hydrogen-bond donors (Lipinski definition) is 0. The number of Topliss-reactive ketones (excluding diaryl/α,β-unsaturated/α-hetero) is 2. The highest BCUT2D eigenvalue weighted by molar-refractivity contribution is 5.79. The summed E-state index contributed by atoms with van der Waals surface area (Å²) in [6, 6.07) is 10.1. The molecule has 1 saturated heterocycles. The van der Waals surface area contributed by atoms with Gasteiger partial charge < -0.3 is 14.2 Å². The van der Waals surface area contributed by atoms with Gasteiger partial charge >= 0.3 is 0 Å². The first-order valence-corrected chi connectivity index (χ1v) is 11.5. The smallest absolute Gasteiger partial charge is 0.133 e. The van der Waals surface area contributed by atoms with Crippen molar-refractivity contribution in [1.82, 2.24) is 0 Å². The number of rotatable bonds is 15. The Balaban J connectivity index is 2.22. The van der Waals surface area contributed by atoms with Crippen molar-refractivity contribution in [2.24, 2.45) is 5.92 Å². The zero-order valence-electron chi connectivity index (χ0n) is 19.5. The number of benzene rings is 1. The summed E-state index contributed by atoms with van der Waals surface area (Å²) in [5.41, 5.74) is 1.15. The van der Waals surface area contributed by atoms with Crippen molar-refractivity contribution in [2.45, 2.75) is 75.8 Å². The van der Waals surface area contributed by atoms with Crippen LogP contribution in [-0.2, 0) is 30.2 Å². The molecule has 1 fully saturated rings. The van der Waals surface area contributed by atoms with Crippen LogP contribution in [0.1, 0.15) is 50.5 Å². The van der Waals surface area contributed by atoms with Crippen molar-refractivity contribution in [2.75, 3.05) is 14.2 Å². The van der Waals surface area contributed by atoms with Gasteiger partial charge in [0.2, 0.25) is 0 Å². The van der Waals surface area contributed by atoms with Crippen LogP contribution in [0.25, 0.3) is 0 Å². The first kappa shape index (κ1) is 26.2. The minimum atomic E-state index is -0.301. The lowest BCUT2D eigenvalue weighted by Gasteiger charge is -2.46. The van der Waals surface area contributed by atoms with Gasteiger partial charge in [-0.1, -0.05) is 42.5 Å². The molecule has 1 heterocycles. The molecule has 2 rings (SSSR count). The fourth-order valence-corrected chi connectivity index (χ4v) is 4.52. The maximum atomic E-state index is 12.6. The molecule has 0 unspecified atom stereocenters. The molecule has 5 nitrogen and oxygen atoms in total. The van der Waals surface area contributed by atoms with Crippen molar-refractivity contribution in [1.29, 1.82) is 0 Å². The van der Waals surface area contributed by atoms with Gasteiger partial charge in [-0.2, -0.15) is 0 Å². The molecule has 1 aromatic rings. The first-order chi connectivity index (χ1) is 15.5. The summed E-state index contributed by atoms with van der Waals surface area (Å²) in [6.45, 7) is 7.40. The van der Waals surface area contributed by atoms with Crippen LogP contribution in [0.3, 0.4) is 0 Å². The maximum absolute atomic E-state index is 12.6. The Labute approximate surface area is 192 Å². The van der Waals surface area contributed by atoms with Gasteiger partial charge in [0, 0.05) is 52.2 Å². The highest BCUT2D eigenvalue weighted by atomic mass is 16.6. The van der Waals surface area contributed by atoms with E-state index in [9.17, 15) is 9.59 Å².